The molecule has 0 fully saturated rings. The molecule has 0 aliphatic heterocycles. The number of rotatable bonds is 9. The molecule has 3 aromatic rings. The third-order valence-electron chi connectivity index (χ3n) is 5.22. The van der Waals surface area contributed by atoms with Gasteiger partial charge in [0.2, 0.25) is 17.6 Å². The van der Waals surface area contributed by atoms with E-state index in [0.717, 1.165) is 24.0 Å². The van der Waals surface area contributed by atoms with Crippen molar-refractivity contribution in [3.63, 3.8) is 0 Å². The van der Waals surface area contributed by atoms with Crippen molar-refractivity contribution in [2.75, 3.05) is 6.54 Å². The summed E-state index contributed by atoms with van der Waals surface area (Å²) in [5.74, 6) is 1.32. The Hall–Kier alpha value is -2.95. The molecule has 152 valence electrons. The van der Waals surface area contributed by atoms with Gasteiger partial charge in [-0.3, -0.25) is 4.79 Å². The van der Waals surface area contributed by atoms with E-state index in [1.807, 2.05) is 54.3 Å². The fourth-order valence-corrected chi connectivity index (χ4v) is 3.32. The predicted octanol–water partition coefficient (Wildman–Crippen LogP) is 4.85. The van der Waals surface area contributed by atoms with Crippen LogP contribution < -0.4 is 0 Å². The van der Waals surface area contributed by atoms with Crippen molar-refractivity contribution in [1.82, 2.24) is 15.0 Å². The van der Waals surface area contributed by atoms with Crippen LogP contribution in [0.25, 0.3) is 11.4 Å². The predicted molar refractivity (Wildman–Crippen MR) is 114 cm³/mol. The molecule has 0 aliphatic carbocycles. The summed E-state index contributed by atoms with van der Waals surface area (Å²) in [5.41, 5.74) is 3.28. The summed E-state index contributed by atoms with van der Waals surface area (Å²) in [6.45, 7) is 6.81. The Bertz CT molecular complexity index is 921. The lowest BCUT2D eigenvalue weighted by Crippen LogP contribution is -2.40. The molecule has 1 amide bonds. The van der Waals surface area contributed by atoms with Gasteiger partial charge in [-0.1, -0.05) is 66.2 Å². The van der Waals surface area contributed by atoms with Crippen molar-refractivity contribution in [2.24, 2.45) is 0 Å². The summed E-state index contributed by atoms with van der Waals surface area (Å²) in [4.78, 5) is 19.3. The first-order valence-electron chi connectivity index (χ1n) is 10.3. The number of aryl methyl sites for hydroxylation is 2. The fraction of sp³-hybridized carbons (Fsp3) is 0.375. The van der Waals surface area contributed by atoms with Crippen LogP contribution in [0.2, 0.25) is 0 Å². The molecule has 0 saturated heterocycles. The highest BCUT2D eigenvalue weighted by molar-refractivity contribution is 5.76. The standard InChI is InChI=1S/C24H29N3O2/c1-4-19(3)27(23(28)14-13-20-10-6-5-7-11-20)16-15-22-25-24(26-29-22)21-12-8-9-18(2)17-21/h5-12,17,19H,4,13-16H2,1-3H3/t19-/m1/s1. The minimum Gasteiger partial charge on any atom is -0.339 e. The number of hydrogen-bond acceptors (Lipinski definition) is 4. The Morgan fingerprint density at radius 2 is 1.90 bits per heavy atom. The molecule has 0 unspecified atom stereocenters. The largest absolute Gasteiger partial charge is 0.339 e. The van der Waals surface area contributed by atoms with E-state index < -0.39 is 0 Å². The summed E-state index contributed by atoms with van der Waals surface area (Å²) in [6.07, 6.45) is 2.73. The number of amides is 1. The van der Waals surface area contributed by atoms with Crippen molar-refractivity contribution in [2.45, 2.75) is 52.5 Å². The van der Waals surface area contributed by atoms with Gasteiger partial charge in [0, 0.05) is 31.0 Å². The zero-order chi connectivity index (χ0) is 20.6. The van der Waals surface area contributed by atoms with E-state index in [4.69, 9.17) is 4.52 Å². The maximum Gasteiger partial charge on any atom is 0.228 e. The Morgan fingerprint density at radius 3 is 2.62 bits per heavy atom. The van der Waals surface area contributed by atoms with Gasteiger partial charge >= 0.3 is 0 Å². The number of aromatic nitrogens is 2. The summed E-state index contributed by atoms with van der Waals surface area (Å²) in [5, 5.41) is 4.10. The topological polar surface area (TPSA) is 59.2 Å². The highest BCUT2D eigenvalue weighted by Crippen LogP contribution is 2.18. The van der Waals surface area contributed by atoms with E-state index in [9.17, 15) is 4.79 Å². The summed E-state index contributed by atoms with van der Waals surface area (Å²) in [7, 11) is 0. The third kappa shape index (κ3) is 5.76. The minimum atomic E-state index is 0.168. The molecular formula is C24H29N3O2. The Labute approximate surface area is 172 Å². The maximum absolute atomic E-state index is 12.9. The lowest BCUT2D eigenvalue weighted by atomic mass is 10.1. The van der Waals surface area contributed by atoms with Crippen LogP contribution in [0, 0.1) is 6.92 Å². The van der Waals surface area contributed by atoms with E-state index in [2.05, 4.69) is 36.1 Å². The van der Waals surface area contributed by atoms with Crippen molar-refractivity contribution in [3.05, 3.63) is 71.6 Å². The van der Waals surface area contributed by atoms with Crippen LogP contribution in [0.5, 0.6) is 0 Å². The van der Waals surface area contributed by atoms with Crippen LogP contribution >= 0.6 is 0 Å². The monoisotopic (exact) mass is 391 g/mol. The van der Waals surface area contributed by atoms with Crippen LogP contribution in [-0.4, -0.2) is 33.5 Å². The molecule has 5 nitrogen and oxygen atoms in total. The molecule has 0 aliphatic rings. The minimum absolute atomic E-state index is 0.168. The molecule has 1 atom stereocenters. The van der Waals surface area contributed by atoms with E-state index in [1.54, 1.807) is 0 Å². The van der Waals surface area contributed by atoms with Gasteiger partial charge in [-0.25, -0.2) is 0 Å². The van der Waals surface area contributed by atoms with Gasteiger partial charge in [0.1, 0.15) is 0 Å². The highest BCUT2D eigenvalue weighted by Gasteiger charge is 2.20. The second kappa shape index (κ2) is 10.0. The number of carbonyl (C=O) groups excluding carboxylic acids is 1. The highest BCUT2D eigenvalue weighted by atomic mass is 16.5. The van der Waals surface area contributed by atoms with Gasteiger partial charge in [-0.05, 0) is 38.3 Å². The van der Waals surface area contributed by atoms with E-state index in [1.165, 1.54) is 5.56 Å². The summed E-state index contributed by atoms with van der Waals surface area (Å²) < 4.78 is 5.43. The van der Waals surface area contributed by atoms with Crippen LogP contribution in [-0.2, 0) is 17.6 Å². The van der Waals surface area contributed by atoms with Crippen LogP contribution in [0.3, 0.4) is 0 Å². The normalized spacial score (nSPS) is 12.0. The lowest BCUT2D eigenvalue weighted by molar-refractivity contribution is -0.133. The molecule has 2 aromatic carbocycles. The molecule has 0 spiro atoms. The first kappa shape index (κ1) is 20.8. The molecule has 1 aromatic heterocycles. The molecule has 0 radical (unpaired) electrons. The Balaban J connectivity index is 1.61. The maximum atomic E-state index is 12.9. The van der Waals surface area contributed by atoms with Gasteiger partial charge in [0.15, 0.2) is 0 Å². The van der Waals surface area contributed by atoms with Crippen LogP contribution in [0.4, 0.5) is 0 Å². The quantitative estimate of drug-likeness (QED) is 0.523. The van der Waals surface area contributed by atoms with Gasteiger partial charge in [0.05, 0.1) is 0 Å². The molecule has 0 saturated carbocycles. The average molecular weight is 392 g/mol. The van der Waals surface area contributed by atoms with Gasteiger partial charge < -0.3 is 9.42 Å². The average Bonchev–Trinajstić information content (AvgIpc) is 3.22. The summed E-state index contributed by atoms with van der Waals surface area (Å²) >= 11 is 0. The summed E-state index contributed by atoms with van der Waals surface area (Å²) in [6, 6.07) is 18.3. The van der Waals surface area contributed by atoms with Crippen molar-refractivity contribution < 1.29 is 9.32 Å². The van der Waals surface area contributed by atoms with E-state index in [0.29, 0.717) is 31.1 Å². The smallest absolute Gasteiger partial charge is 0.228 e. The zero-order valence-electron chi connectivity index (χ0n) is 17.5. The fourth-order valence-electron chi connectivity index (χ4n) is 3.32. The van der Waals surface area contributed by atoms with Crippen LogP contribution in [0.15, 0.2) is 59.1 Å². The van der Waals surface area contributed by atoms with Gasteiger partial charge in [-0.2, -0.15) is 4.98 Å². The lowest BCUT2D eigenvalue weighted by Gasteiger charge is -2.28. The number of nitrogens with zero attached hydrogens (tertiary/aromatic N) is 3. The van der Waals surface area contributed by atoms with Gasteiger partial charge in [-0.15, -0.1) is 0 Å². The molecule has 29 heavy (non-hydrogen) atoms. The first-order valence-corrected chi connectivity index (χ1v) is 10.3. The number of benzene rings is 2. The molecule has 1 heterocycles. The second-order valence-electron chi connectivity index (χ2n) is 7.46. The number of hydrogen-bond donors (Lipinski definition) is 0. The van der Waals surface area contributed by atoms with E-state index >= 15 is 0 Å². The second-order valence-corrected chi connectivity index (χ2v) is 7.46. The third-order valence-corrected chi connectivity index (χ3v) is 5.22. The molecule has 0 bridgehead atoms. The van der Waals surface area contributed by atoms with Gasteiger partial charge in [0.25, 0.3) is 0 Å². The van der Waals surface area contributed by atoms with Crippen molar-refractivity contribution >= 4 is 5.91 Å². The number of carbonyl (C=O) groups is 1. The first-order chi connectivity index (χ1) is 14.1. The Morgan fingerprint density at radius 1 is 1.10 bits per heavy atom. The molecule has 0 N–H and O–H groups in total. The Kier molecular flexibility index (Phi) is 7.17. The molecule has 3 rings (SSSR count). The SMILES string of the molecule is CC[C@@H](C)N(CCc1nc(-c2cccc(C)c2)no1)C(=O)CCc1ccccc1. The van der Waals surface area contributed by atoms with E-state index in [-0.39, 0.29) is 11.9 Å². The zero-order valence-corrected chi connectivity index (χ0v) is 17.5. The van der Waals surface area contributed by atoms with Crippen molar-refractivity contribution in [3.8, 4) is 11.4 Å². The van der Waals surface area contributed by atoms with Crippen molar-refractivity contribution in [1.29, 1.82) is 0 Å². The van der Waals surface area contributed by atoms with Crippen LogP contribution in [0.1, 0.15) is 43.7 Å². The molecular weight excluding hydrogens is 362 g/mol. The molecule has 5 heteroatoms.